The second-order valence-electron chi connectivity index (χ2n) is 18.9. The third-order valence-corrected chi connectivity index (χ3v) is 12.3. The molecule has 0 rings (SSSR count). The van der Waals surface area contributed by atoms with Crippen molar-refractivity contribution in [3.63, 3.8) is 0 Å². The molecule has 0 saturated carbocycles. The van der Waals surface area contributed by atoms with Crippen LogP contribution in [-0.2, 0) is 28.6 Å². The van der Waals surface area contributed by atoms with Crippen LogP contribution in [-0.4, -0.2) is 37.2 Å². The average molecular weight is 835 g/mol. The van der Waals surface area contributed by atoms with E-state index in [9.17, 15) is 14.4 Å². The Kier molecular flexibility index (Phi) is 44.7. The lowest BCUT2D eigenvalue weighted by Crippen LogP contribution is -2.30. The predicted molar refractivity (Wildman–Crippen MR) is 252 cm³/mol. The van der Waals surface area contributed by atoms with Gasteiger partial charge in [0.05, 0.1) is 0 Å². The fourth-order valence-corrected chi connectivity index (χ4v) is 7.96. The van der Waals surface area contributed by atoms with Crippen LogP contribution in [0.1, 0.15) is 291 Å². The number of ether oxygens (including phenoxy) is 3. The fraction of sp³-hybridized carbons (Fsp3) is 0.943. The summed E-state index contributed by atoms with van der Waals surface area (Å²) in [4.78, 5) is 37.8. The summed E-state index contributed by atoms with van der Waals surface area (Å²) in [5.41, 5.74) is 0. The molecule has 0 amide bonds. The zero-order valence-corrected chi connectivity index (χ0v) is 40.4. The van der Waals surface area contributed by atoms with Gasteiger partial charge in [-0.2, -0.15) is 0 Å². The first-order valence-corrected chi connectivity index (χ1v) is 26.3. The van der Waals surface area contributed by atoms with Gasteiger partial charge >= 0.3 is 17.9 Å². The molecule has 0 fully saturated rings. The van der Waals surface area contributed by atoms with Crippen LogP contribution in [0.25, 0.3) is 0 Å². The summed E-state index contributed by atoms with van der Waals surface area (Å²) in [7, 11) is 0. The molecule has 59 heavy (non-hydrogen) atoms. The molecule has 2 atom stereocenters. The van der Waals surface area contributed by atoms with Gasteiger partial charge in [0.2, 0.25) is 0 Å². The van der Waals surface area contributed by atoms with E-state index in [-0.39, 0.29) is 31.1 Å². The summed E-state index contributed by atoms with van der Waals surface area (Å²) in [6, 6.07) is 0. The standard InChI is InChI=1S/C53H102O6/c1-6-8-9-10-11-12-24-28-35-40-45-53(56)59-50(47-58-52(55)44-39-34-30-29-32-37-42-49(5)7-2)46-57-51(54)43-38-33-27-25-22-20-18-16-14-13-15-17-19-21-23-26-31-36-41-48(3)4/h48-50H,6-47H2,1-5H3/t49?,50-/m0/s1. The number of hydrogen-bond donors (Lipinski definition) is 0. The monoisotopic (exact) mass is 835 g/mol. The van der Waals surface area contributed by atoms with E-state index >= 15 is 0 Å². The Morgan fingerprint density at radius 2 is 0.644 bits per heavy atom. The number of rotatable bonds is 47. The molecule has 6 heteroatoms. The average Bonchev–Trinajstić information content (AvgIpc) is 3.22. The van der Waals surface area contributed by atoms with Crippen molar-refractivity contribution in [2.45, 2.75) is 298 Å². The summed E-state index contributed by atoms with van der Waals surface area (Å²) in [6.45, 7) is 11.4. The maximum atomic E-state index is 12.7. The summed E-state index contributed by atoms with van der Waals surface area (Å²) in [6.07, 6.45) is 46.7. The van der Waals surface area contributed by atoms with Crippen molar-refractivity contribution in [2.75, 3.05) is 13.2 Å². The van der Waals surface area contributed by atoms with Crippen LogP contribution in [0.3, 0.4) is 0 Å². The van der Waals surface area contributed by atoms with Gasteiger partial charge in [0.15, 0.2) is 6.10 Å². The third kappa shape index (κ3) is 45.8. The molecular weight excluding hydrogens is 733 g/mol. The van der Waals surface area contributed by atoms with Crippen LogP contribution < -0.4 is 0 Å². The third-order valence-electron chi connectivity index (χ3n) is 12.3. The highest BCUT2D eigenvalue weighted by atomic mass is 16.6. The van der Waals surface area contributed by atoms with Crippen LogP contribution in [0.2, 0.25) is 0 Å². The van der Waals surface area contributed by atoms with Gasteiger partial charge < -0.3 is 14.2 Å². The fourth-order valence-electron chi connectivity index (χ4n) is 7.96. The molecule has 1 unspecified atom stereocenters. The smallest absolute Gasteiger partial charge is 0.306 e. The topological polar surface area (TPSA) is 78.9 Å². The minimum Gasteiger partial charge on any atom is -0.462 e. The van der Waals surface area contributed by atoms with Crippen LogP contribution in [0.5, 0.6) is 0 Å². The Morgan fingerprint density at radius 1 is 0.356 bits per heavy atom. The molecule has 0 saturated heterocycles. The first kappa shape index (κ1) is 57.4. The quantitative estimate of drug-likeness (QED) is 0.0345. The Bertz CT molecular complexity index is 902. The summed E-state index contributed by atoms with van der Waals surface area (Å²) >= 11 is 0. The molecule has 0 radical (unpaired) electrons. The molecule has 0 aromatic carbocycles. The molecule has 0 aliphatic heterocycles. The van der Waals surface area contributed by atoms with Crippen molar-refractivity contribution in [1.82, 2.24) is 0 Å². The van der Waals surface area contributed by atoms with Crippen molar-refractivity contribution in [3.05, 3.63) is 0 Å². The van der Waals surface area contributed by atoms with E-state index in [1.54, 1.807) is 0 Å². The molecule has 0 spiro atoms. The van der Waals surface area contributed by atoms with Crippen molar-refractivity contribution in [2.24, 2.45) is 11.8 Å². The van der Waals surface area contributed by atoms with Crippen LogP contribution >= 0.6 is 0 Å². The van der Waals surface area contributed by atoms with E-state index in [0.29, 0.717) is 19.3 Å². The lowest BCUT2D eigenvalue weighted by molar-refractivity contribution is -0.167. The highest BCUT2D eigenvalue weighted by molar-refractivity contribution is 5.71. The van der Waals surface area contributed by atoms with Crippen LogP contribution in [0, 0.1) is 11.8 Å². The second-order valence-corrected chi connectivity index (χ2v) is 18.9. The number of carbonyl (C=O) groups excluding carboxylic acids is 3. The highest BCUT2D eigenvalue weighted by Gasteiger charge is 2.19. The number of hydrogen-bond acceptors (Lipinski definition) is 6. The Labute approximate surface area is 368 Å². The van der Waals surface area contributed by atoms with E-state index in [2.05, 4.69) is 34.6 Å². The molecule has 0 aliphatic rings. The van der Waals surface area contributed by atoms with Gasteiger partial charge in [-0.15, -0.1) is 0 Å². The molecule has 0 aromatic heterocycles. The summed E-state index contributed by atoms with van der Waals surface area (Å²) < 4.78 is 16.8. The van der Waals surface area contributed by atoms with Gasteiger partial charge in [-0.25, -0.2) is 0 Å². The van der Waals surface area contributed by atoms with Gasteiger partial charge in [-0.3, -0.25) is 14.4 Å². The molecular formula is C53H102O6. The first-order chi connectivity index (χ1) is 28.8. The normalized spacial score (nSPS) is 12.5. The SMILES string of the molecule is CCCCCCCCCCCCC(=O)O[C@@H](COC(=O)CCCCCCCCCCCCCCCCCCCCC(C)C)COC(=O)CCCCCCCCC(C)CC. The molecule has 0 heterocycles. The predicted octanol–water partition coefficient (Wildman–Crippen LogP) is 16.9. The van der Waals surface area contributed by atoms with E-state index in [0.717, 1.165) is 69.6 Å². The summed E-state index contributed by atoms with van der Waals surface area (Å²) in [5.74, 6) is 0.821. The van der Waals surface area contributed by atoms with Gasteiger partial charge in [0.1, 0.15) is 13.2 Å². The van der Waals surface area contributed by atoms with Crippen molar-refractivity contribution < 1.29 is 28.6 Å². The van der Waals surface area contributed by atoms with Crippen molar-refractivity contribution in [1.29, 1.82) is 0 Å². The molecule has 0 bridgehead atoms. The van der Waals surface area contributed by atoms with Gasteiger partial charge in [-0.1, -0.05) is 253 Å². The zero-order valence-electron chi connectivity index (χ0n) is 40.4. The maximum Gasteiger partial charge on any atom is 0.306 e. The van der Waals surface area contributed by atoms with Crippen LogP contribution in [0.15, 0.2) is 0 Å². The number of unbranched alkanes of at least 4 members (excludes halogenated alkanes) is 31. The van der Waals surface area contributed by atoms with E-state index in [1.807, 2.05) is 0 Å². The van der Waals surface area contributed by atoms with Crippen molar-refractivity contribution >= 4 is 17.9 Å². The van der Waals surface area contributed by atoms with E-state index in [1.165, 1.54) is 180 Å². The highest BCUT2D eigenvalue weighted by Crippen LogP contribution is 2.18. The summed E-state index contributed by atoms with van der Waals surface area (Å²) in [5, 5.41) is 0. The van der Waals surface area contributed by atoms with Gasteiger partial charge in [0.25, 0.3) is 0 Å². The number of carbonyl (C=O) groups is 3. The number of esters is 3. The molecule has 350 valence electrons. The first-order valence-electron chi connectivity index (χ1n) is 26.3. The Balaban J connectivity index is 4.17. The minimum absolute atomic E-state index is 0.0643. The molecule has 6 nitrogen and oxygen atoms in total. The van der Waals surface area contributed by atoms with Gasteiger partial charge in [-0.05, 0) is 31.1 Å². The van der Waals surface area contributed by atoms with Crippen molar-refractivity contribution in [3.8, 4) is 0 Å². The molecule has 0 aliphatic carbocycles. The van der Waals surface area contributed by atoms with Crippen LogP contribution in [0.4, 0.5) is 0 Å². The van der Waals surface area contributed by atoms with E-state index in [4.69, 9.17) is 14.2 Å². The Morgan fingerprint density at radius 3 is 0.966 bits per heavy atom. The lowest BCUT2D eigenvalue weighted by atomic mass is 10.00. The molecule has 0 N–H and O–H groups in total. The minimum atomic E-state index is -0.761. The lowest BCUT2D eigenvalue weighted by Gasteiger charge is -2.18. The second kappa shape index (κ2) is 45.9. The maximum absolute atomic E-state index is 12.7. The molecule has 0 aromatic rings. The zero-order chi connectivity index (χ0) is 43.3. The Hall–Kier alpha value is -1.59. The van der Waals surface area contributed by atoms with E-state index < -0.39 is 6.10 Å². The van der Waals surface area contributed by atoms with Gasteiger partial charge in [0, 0.05) is 19.3 Å². The largest absolute Gasteiger partial charge is 0.462 e.